The molecule has 0 fully saturated rings. The number of carbonyl (C=O) groups excluding carboxylic acids is 4. The highest BCUT2D eigenvalue weighted by Gasteiger charge is 2.10. The van der Waals surface area contributed by atoms with Gasteiger partial charge in [0.2, 0.25) is 5.91 Å². The van der Waals surface area contributed by atoms with Crippen molar-refractivity contribution in [3.05, 3.63) is 59.1 Å². The number of hydrogen-bond acceptors (Lipinski definition) is 6. The third kappa shape index (κ3) is 7.92. The average Bonchev–Trinajstić information content (AvgIpc) is 2.74. The number of esters is 2. The van der Waals surface area contributed by atoms with Gasteiger partial charge in [-0.2, -0.15) is 0 Å². The number of rotatable bonds is 9. The lowest BCUT2D eigenvalue weighted by atomic mass is 10.2. The van der Waals surface area contributed by atoms with Crippen molar-refractivity contribution in [2.45, 2.75) is 19.3 Å². The first-order chi connectivity index (χ1) is 14.4. The largest absolute Gasteiger partial charge is 0.465 e. The predicted octanol–water partition coefficient (Wildman–Crippen LogP) is 3.42. The molecule has 2 amide bonds. The third-order valence-corrected chi connectivity index (χ3v) is 4.12. The molecule has 0 spiro atoms. The molecule has 2 N–H and O–H groups in total. The Labute approximate surface area is 178 Å². The molecule has 0 saturated carbocycles. The van der Waals surface area contributed by atoms with E-state index in [9.17, 15) is 19.2 Å². The molecule has 0 atom stereocenters. The van der Waals surface area contributed by atoms with E-state index >= 15 is 0 Å². The standard InChI is InChI=1S/C21H21ClN2O6/c1-29-21(28)14-5-9-16(10-6-14)24-19(26)13-30-20(27)4-2-3-18(25)23-17-11-7-15(22)8-12-17/h5-12H,2-4,13H2,1H3,(H,23,25)(H,24,26). The van der Waals surface area contributed by atoms with Crippen LogP contribution in [0.15, 0.2) is 48.5 Å². The average molecular weight is 433 g/mol. The van der Waals surface area contributed by atoms with Crippen LogP contribution >= 0.6 is 11.6 Å². The number of halogens is 1. The molecule has 0 bridgehead atoms. The fourth-order valence-electron chi connectivity index (χ4n) is 2.37. The molecule has 2 rings (SSSR count). The van der Waals surface area contributed by atoms with Crippen molar-refractivity contribution in [3.8, 4) is 0 Å². The summed E-state index contributed by atoms with van der Waals surface area (Å²) in [6.45, 7) is -0.450. The molecule has 0 aliphatic heterocycles. The Morgan fingerprint density at radius 1 is 0.833 bits per heavy atom. The maximum absolute atomic E-state index is 11.8. The van der Waals surface area contributed by atoms with Crippen LogP contribution in [-0.4, -0.2) is 37.5 Å². The second kappa shape index (κ2) is 11.6. The molecule has 0 aromatic heterocycles. The summed E-state index contributed by atoms with van der Waals surface area (Å²) >= 11 is 5.78. The lowest BCUT2D eigenvalue weighted by Crippen LogP contribution is -2.21. The molecule has 0 aliphatic rings. The van der Waals surface area contributed by atoms with Crippen LogP contribution in [0.5, 0.6) is 0 Å². The minimum atomic E-state index is -0.578. The molecule has 2 aromatic carbocycles. The summed E-state index contributed by atoms with van der Waals surface area (Å²) < 4.78 is 9.49. The number of ether oxygens (including phenoxy) is 2. The smallest absolute Gasteiger partial charge is 0.337 e. The van der Waals surface area contributed by atoms with E-state index in [0.29, 0.717) is 22.0 Å². The van der Waals surface area contributed by atoms with Crippen molar-refractivity contribution in [1.82, 2.24) is 0 Å². The molecular weight excluding hydrogens is 412 g/mol. The first-order valence-corrected chi connectivity index (χ1v) is 9.44. The van der Waals surface area contributed by atoms with Crippen molar-refractivity contribution in [3.63, 3.8) is 0 Å². The summed E-state index contributed by atoms with van der Waals surface area (Å²) in [4.78, 5) is 46.8. The van der Waals surface area contributed by atoms with E-state index in [1.807, 2.05) is 0 Å². The molecule has 9 heteroatoms. The number of nitrogens with one attached hydrogen (secondary N) is 2. The van der Waals surface area contributed by atoms with E-state index < -0.39 is 24.5 Å². The van der Waals surface area contributed by atoms with Gasteiger partial charge in [-0.3, -0.25) is 14.4 Å². The molecule has 2 aromatic rings. The van der Waals surface area contributed by atoms with Gasteiger partial charge >= 0.3 is 11.9 Å². The van der Waals surface area contributed by atoms with Gasteiger partial charge in [0.05, 0.1) is 12.7 Å². The van der Waals surface area contributed by atoms with E-state index in [1.165, 1.54) is 31.4 Å². The predicted molar refractivity (Wildman–Crippen MR) is 111 cm³/mol. The summed E-state index contributed by atoms with van der Waals surface area (Å²) in [5.74, 6) is -1.82. The van der Waals surface area contributed by atoms with Crippen LogP contribution in [0.4, 0.5) is 11.4 Å². The minimum absolute atomic E-state index is 0.00907. The Kier molecular flexibility index (Phi) is 8.83. The third-order valence-electron chi connectivity index (χ3n) is 3.87. The van der Waals surface area contributed by atoms with E-state index in [-0.39, 0.29) is 25.2 Å². The second-order valence-corrected chi connectivity index (χ2v) is 6.62. The summed E-state index contributed by atoms with van der Waals surface area (Å²) in [5, 5.41) is 5.81. The number of amides is 2. The van der Waals surface area contributed by atoms with Gasteiger partial charge in [0.25, 0.3) is 5.91 Å². The lowest BCUT2D eigenvalue weighted by Gasteiger charge is -2.08. The fraction of sp³-hybridized carbons (Fsp3) is 0.238. The normalized spacial score (nSPS) is 10.1. The summed E-state index contributed by atoms with van der Waals surface area (Å²) in [6.07, 6.45) is 0.431. The number of carbonyl (C=O) groups is 4. The Morgan fingerprint density at radius 2 is 1.40 bits per heavy atom. The summed E-state index contributed by atoms with van der Waals surface area (Å²) in [7, 11) is 1.28. The van der Waals surface area contributed by atoms with E-state index in [0.717, 1.165) is 0 Å². The Bertz CT molecular complexity index is 897. The first kappa shape index (κ1) is 22.9. The van der Waals surface area contributed by atoms with Crippen LogP contribution in [0, 0.1) is 0 Å². The maximum atomic E-state index is 11.8. The lowest BCUT2D eigenvalue weighted by molar-refractivity contribution is -0.147. The number of methoxy groups -OCH3 is 1. The highest BCUT2D eigenvalue weighted by atomic mass is 35.5. The zero-order chi connectivity index (χ0) is 21.9. The zero-order valence-corrected chi connectivity index (χ0v) is 17.0. The van der Waals surface area contributed by atoms with Gasteiger partial charge in [0.15, 0.2) is 6.61 Å². The molecular formula is C21H21ClN2O6. The maximum Gasteiger partial charge on any atom is 0.337 e. The molecule has 0 unspecified atom stereocenters. The van der Waals surface area contributed by atoms with Crippen molar-refractivity contribution in [2.75, 3.05) is 24.4 Å². The van der Waals surface area contributed by atoms with Crippen molar-refractivity contribution < 1.29 is 28.7 Å². The molecule has 0 heterocycles. The minimum Gasteiger partial charge on any atom is -0.465 e. The van der Waals surface area contributed by atoms with E-state index in [4.69, 9.17) is 16.3 Å². The number of benzene rings is 2. The van der Waals surface area contributed by atoms with Crippen molar-refractivity contribution in [1.29, 1.82) is 0 Å². The van der Waals surface area contributed by atoms with Gasteiger partial charge in [-0.1, -0.05) is 11.6 Å². The zero-order valence-electron chi connectivity index (χ0n) is 16.3. The van der Waals surface area contributed by atoms with Crippen LogP contribution in [0.25, 0.3) is 0 Å². The molecule has 8 nitrogen and oxygen atoms in total. The number of hydrogen-bond donors (Lipinski definition) is 2. The van der Waals surface area contributed by atoms with Crippen molar-refractivity contribution >= 4 is 46.7 Å². The van der Waals surface area contributed by atoms with Crippen LogP contribution in [0.3, 0.4) is 0 Å². The van der Waals surface area contributed by atoms with E-state index in [1.54, 1.807) is 24.3 Å². The summed E-state index contributed by atoms with van der Waals surface area (Å²) in [5.41, 5.74) is 1.41. The Hall–Kier alpha value is -3.39. The molecule has 158 valence electrons. The van der Waals surface area contributed by atoms with Gasteiger partial charge in [-0.25, -0.2) is 4.79 Å². The topological polar surface area (TPSA) is 111 Å². The molecule has 0 aliphatic carbocycles. The van der Waals surface area contributed by atoms with Crippen molar-refractivity contribution in [2.24, 2.45) is 0 Å². The molecule has 30 heavy (non-hydrogen) atoms. The first-order valence-electron chi connectivity index (χ1n) is 9.06. The Morgan fingerprint density at radius 3 is 2.00 bits per heavy atom. The van der Waals surface area contributed by atoms with Crippen LogP contribution in [0.2, 0.25) is 5.02 Å². The quantitative estimate of drug-likeness (QED) is 0.587. The highest BCUT2D eigenvalue weighted by Crippen LogP contribution is 2.14. The second-order valence-electron chi connectivity index (χ2n) is 6.19. The van der Waals surface area contributed by atoms with Crippen LogP contribution in [-0.2, 0) is 23.9 Å². The van der Waals surface area contributed by atoms with E-state index in [2.05, 4.69) is 15.4 Å². The highest BCUT2D eigenvalue weighted by molar-refractivity contribution is 6.30. The molecule has 0 saturated heterocycles. The van der Waals surface area contributed by atoms with Crippen LogP contribution in [0.1, 0.15) is 29.6 Å². The fourth-order valence-corrected chi connectivity index (χ4v) is 2.50. The van der Waals surface area contributed by atoms with Gasteiger partial charge in [-0.05, 0) is 55.0 Å². The SMILES string of the molecule is COC(=O)c1ccc(NC(=O)COC(=O)CCCC(=O)Nc2ccc(Cl)cc2)cc1. The summed E-state index contributed by atoms with van der Waals surface area (Å²) in [6, 6.07) is 12.7. The van der Waals surface area contributed by atoms with Gasteiger partial charge < -0.3 is 20.1 Å². The monoisotopic (exact) mass is 432 g/mol. The van der Waals surface area contributed by atoms with Gasteiger partial charge in [0, 0.05) is 29.2 Å². The number of anilines is 2. The van der Waals surface area contributed by atoms with Crippen LogP contribution < -0.4 is 10.6 Å². The Balaban J connectivity index is 1.64. The molecule has 0 radical (unpaired) electrons. The van der Waals surface area contributed by atoms with Gasteiger partial charge in [0.1, 0.15) is 0 Å². The van der Waals surface area contributed by atoms with Gasteiger partial charge in [-0.15, -0.1) is 0 Å².